The molecular weight excluding hydrogens is 312 g/mol. The second-order valence-electron chi connectivity index (χ2n) is 7.43. The lowest BCUT2D eigenvalue weighted by molar-refractivity contribution is -0.155. The molecule has 1 aromatic rings. The van der Waals surface area contributed by atoms with Crippen LogP contribution in [0.15, 0.2) is 30.3 Å². The fraction of sp³-hybridized carbons (Fsp3) is 0.619. The van der Waals surface area contributed by atoms with E-state index in [1.54, 1.807) is 13.8 Å². The van der Waals surface area contributed by atoms with Gasteiger partial charge in [0.1, 0.15) is 5.41 Å². The van der Waals surface area contributed by atoms with Crippen LogP contribution in [-0.4, -0.2) is 40.7 Å². The highest BCUT2D eigenvalue weighted by Gasteiger charge is 2.42. The summed E-state index contributed by atoms with van der Waals surface area (Å²) in [6.45, 7) is 13.5. The van der Waals surface area contributed by atoms with Gasteiger partial charge in [-0.15, -0.1) is 0 Å². The summed E-state index contributed by atoms with van der Waals surface area (Å²) in [5.41, 5.74) is 0.0235. The SMILES string of the molecule is CCCN(CCC)C(=O)C(C)(C)C(=O)N(Cc1ccccc1)C(C)C. The second-order valence-corrected chi connectivity index (χ2v) is 7.43. The maximum absolute atomic E-state index is 13.2. The van der Waals surface area contributed by atoms with Crippen molar-refractivity contribution in [3.63, 3.8) is 0 Å². The molecule has 0 bridgehead atoms. The van der Waals surface area contributed by atoms with E-state index < -0.39 is 5.41 Å². The minimum atomic E-state index is -1.05. The number of carbonyl (C=O) groups excluding carboxylic acids is 2. The summed E-state index contributed by atoms with van der Waals surface area (Å²) < 4.78 is 0. The number of benzene rings is 1. The third-order valence-corrected chi connectivity index (χ3v) is 4.42. The molecule has 0 aliphatic carbocycles. The van der Waals surface area contributed by atoms with Gasteiger partial charge in [0.05, 0.1) is 0 Å². The standard InChI is InChI=1S/C21H34N2O2/c1-7-14-22(15-8-2)19(24)21(5,6)20(25)23(17(3)4)16-18-12-10-9-11-13-18/h9-13,17H,7-8,14-16H2,1-6H3. The van der Waals surface area contributed by atoms with Gasteiger partial charge in [-0.25, -0.2) is 0 Å². The third-order valence-electron chi connectivity index (χ3n) is 4.42. The summed E-state index contributed by atoms with van der Waals surface area (Å²) in [6.07, 6.45) is 1.79. The molecule has 2 amide bonds. The lowest BCUT2D eigenvalue weighted by Crippen LogP contribution is -2.52. The minimum absolute atomic E-state index is 0.0329. The molecule has 0 radical (unpaired) electrons. The zero-order valence-electron chi connectivity index (χ0n) is 16.7. The van der Waals surface area contributed by atoms with E-state index >= 15 is 0 Å². The highest BCUT2D eigenvalue weighted by molar-refractivity contribution is 6.04. The average Bonchev–Trinajstić information content (AvgIpc) is 2.58. The smallest absolute Gasteiger partial charge is 0.238 e. The molecule has 4 heteroatoms. The molecule has 0 saturated carbocycles. The van der Waals surface area contributed by atoms with E-state index in [0.717, 1.165) is 18.4 Å². The molecule has 0 aromatic heterocycles. The van der Waals surface area contributed by atoms with Gasteiger partial charge in [0, 0.05) is 25.7 Å². The van der Waals surface area contributed by atoms with Crippen LogP contribution in [0.3, 0.4) is 0 Å². The number of amides is 2. The summed E-state index contributed by atoms with van der Waals surface area (Å²) in [6, 6.07) is 9.96. The summed E-state index contributed by atoms with van der Waals surface area (Å²) >= 11 is 0. The van der Waals surface area contributed by atoms with Crippen molar-refractivity contribution in [3.8, 4) is 0 Å². The normalized spacial score (nSPS) is 11.5. The van der Waals surface area contributed by atoms with Crippen LogP contribution in [0.4, 0.5) is 0 Å². The summed E-state index contributed by atoms with van der Waals surface area (Å²) in [5, 5.41) is 0. The van der Waals surface area contributed by atoms with Crippen molar-refractivity contribution < 1.29 is 9.59 Å². The van der Waals surface area contributed by atoms with E-state index in [-0.39, 0.29) is 17.9 Å². The number of carbonyl (C=O) groups is 2. The van der Waals surface area contributed by atoms with Crippen molar-refractivity contribution in [3.05, 3.63) is 35.9 Å². The first-order chi connectivity index (χ1) is 11.8. The molecule has 0 saturated heterocycles. The maximum Gasteiger partial charge on any atom is 0.238 e. The molecular formula is C21H34N2O2. The molecule has 0 spiro atoms. The van der Waals surface area contributed by atoms with Crippen LogP contribution in [0.5, 0.6) is 0 Å². The van der Waals surface area contributed by atoms with Crippen molar-refractivity contribution in [1.82, 2.24) is 9.80 Å². The molecule has 0 aliphatic heterocycles. The molecule has 1 aromatic carbocycles. The molecule has 4 nitrogen and oxygen atoms in total. The van der Waals surface area contributed by atoms with E-state index in [9.17, 15) is 9.59 Å². The maximum atomic E-state index is 13.2. The van der Waals surface area contributed by atoms with Crippen LogP contribution in [-0.2, 0) is 16.1 Å². The van der Waals surface area contributed by atoms with Crippen LogP contribution in [0.1, 0.15) is 59.9 Å². The van der Waals surface area contributed by atoms with Crippen molar-refractivity contribution in [2.75, 3.05) is 13.1 Å². The summed E-state index contributed by atoms with van der Waals surface area (Å²) in [7, 11) is 0. The molecule has 0 fully saturated rings. The highest BCUT2D eigenvalue weighted by atomic mass is 16.2. The van der Waals surface area contributed by atoms with E-state index in [1.807, 2.05) is 54.0 Å². The van der Waals surface area contributed by atoms with E-state index in [1.165, 1.54) is 0 Å². The van der Waals surface area contributed by atoms with Crippen molar-refractivity contribution in [1.29, 1.82) is 0 Å². The lowest BCUT2D eigenvalue weighted by atomic mass is 9.88. The first-order valence-corrected chi connectivity index (χ1v) is 9.40. The van der Waals surface area contributed by atoms with E-state index in [2.05, 4.69) is 13.8 Å². The van der Waals surface area contributed by atoms with Crippen LogP contribution in [0.2, 0.25) is 0 Å². The van der Waals surface area contributed by atoms with Crippen molar-refractivity contribution >= 4 is 11.8 Å². The van der Waals surface area contributed by atoms with Crippen LogP contribution >= 0.6 is 0 Å². The fourth-order valence-electron chi connectivity index (χ4n) is 2.97. The number of hydrogen-bond acceptors (Lipinski definition) is 2. The Morgan fingerprint density at radius 3 is 1.92 bits per heavy atom. The highest BCUT2D eigenvalue weighted by Crippen LogP contribution is 2.25. The van der Waals surface area contributed by atoms with Gasteiger partial charge >= 0.3 is 0 Å². The fourth-order valence-corrected chi connectivity index (χ4v) is 2.97. The Bertz CT molecular complexity index is 546. The Morgan fingerprint density at radius 1 is 0.960 bits per heavy atom. The van der Waals surface area contributed by atoms with Gasteiger partial charge in [-0.1, -0.05) is 44.2 Å². The van der Waals surface area contributed by atoms with Crippen LogP contribution in [0, 0.1) is 5.41 Å². The zero-order chi connectivity index (χ0) is 19.0. The molecule has 0 unspecified atom stereocenters. The van der Waals surface area contributed by atoms with E-state index in [0.29, 0.717) is 19.6 Å². The summed E-state index contributed by atoms with van der Waals surface area (Å²) in [5.74, 6) is -0.173. The largest absolute Gasteiger partial charge is 0.342 e. The van der Waals surface area contributed by atoms with Crippen molar-refractivity contribution in [2.45, 2.75) is 67.0 Å². The zero-order valence-corrected chi connectivity index (χ0v) is 16.7. The van der Waals surface area contributed by atoms with Gasteiger partial charge in [0.15, 0.2) is 0 Å². The molecule has 0 atom stereocenters. The second kappa shape index (κ2) is 9.59. The van der Waals surface area contributed by atoms with Crippen LogP contribution in [0.25, 0.3) is 0 Å². The number of nitrogens with zero attached hydrogens (tertiary/aromatic N) is 2. The third kappa shape index (κ3) is 5.58. The predicted octanol–water partition coefficient (Wildman–Crippen LogP) is 4.10. The van der Waals surface area contributed by atoms with Gasteiger partial charge in [0.25, 0.3) is 0 Å². The molecule has 25 heavy (non-hydrogen) atoms. The predicted molar refractivity (Wildman–Crippen MR) is 103 cm³/mol. The topological polar surface area (TPSA) is 40.6 Å². The quantitative estimate of drug-likeness (QED) is 0.632. The molecule has 0 heterocycles. The van der Waals surface area contributed by atoms with Gasteiger partial charge in [0.2, 0.25) is 11.8 Å². The van der Waals surface area contributed by atoms with Gasteiger partial charge in [-0.05, 0) is 46.1 Å². The van der Waals surface area contributed by atoms with Gasteiger partial charge in [-0.3, -0.25) is 9.59 Å². The first-order valence-electron chi connectivity index (χ1n) is 9.40. The average molecular weight is 347 g/mol. The Balaban J connectivity index is 3.02. The monoisotopic (exact) mass is 346 g/mol. The minimum Gasteiger partial charge on any atom is -0.342 e. The Hall–Kier alpha value is -1.84. The number of hydrogen-bond donors (Lipinski definition) is 0. The summed E-state index contributed by atoms with van der Waals surface area (Å²) in [4.78, 5) is 29.9. The Morgan fingerprint density at radius 2 is 1.48 bits per heavy atom. The Labute approximate surface area is 153 Å². The van der Waals surface area contributed by atoms with Crippen molar-refractivity contribution in [2.24, 2.45) is 5.41 Å². The Kier molecular flexibility index (Phi) is 8.14. The van der Waals surface area contributed by atoms with E-state index in [4.69, 9.17) is 0 Å². The molecule has 140 valence electrons. The van der Waals surface area contributed by atoms with Gasteiger partial charge < -0.3 is 9.80 Å². The molecule has 1 rings (SSSR count). The number of rotatable bonds is 9. The lowest BCUT2D eigenvalue weighted by Gasteiger charge is -2.37. The molecule has 0 aliphatic rings. The van der Waals surface area contributed by atoms with Gasteiger partial charge in [-0.2, -0.15) is 0 Å². The first kappa shape index (κ1) is 21.2. The van der Waals surface area contributed by atoms with Crippen LogP contribution < -0.4 is 0 Å². The molecule has 0 N–H and O–H groups in total.